The highest BCUT2D eigenvalue weighted by Crippen LogP contribution is 2.40. The van der Waals surface area contributed by atoms with Crippen LogP contribution in [0.25, 0.3) is 22.4 Å². The standard InChI is InChI=1S/C26H34N4O4/c1-4-6-21-23-24(30(3)29-21)26(33)28-25(27-23)20-14-18(11-12-22(20)34-5-2)17-9-7-16(8-10-17)13-19(32)15-31/h11-12,14,16-17,31H,4-10,13,15H2,1-3H3,(H,27,28,33). The van der Waals surface area contributed by atoms with Gasteiger partial charge in [-0.3, -0.25) is 14.3 Å². The SMILES string of the molecule is CCCc1nn(C)c2c(=O)[nH]c(-c3cc(C4CCC(CC(=O)CO)CC4)ccc3OCC)nc12. The third kappa shape index (κ3) is 4.92. The fourth-order valence-corrected chi connectivity index (χ4v) is 5.13. The number of aliphatic hydroxyl groups is 1. The summed E-state index contributed by atoms with van der Waals surface area (Å²) in [5.41, 5.74) is 3.72. The highest BCUT2D eigenvalue weighted by Gasteiger charge is 2.25. The van der Waals surface area contributed by atoms with Crippen molar-refractivity contribution in [3.05, 3.63) is 39.8 Å². The van der Waals surface area contributed by atoms with E-state index in [-0.39, 0.29) is 17.9 Å². The summed E-state index contributed by atoms with van der Waals surface area (Å²) in [6.45, 7) is 4.16. The van der Waals surface area contributed by atoms with Crippen molar-refractivity contribution in [2.45, 2.75) is 64.7 Å². The van der Waals surface area contributed by atoms with Crippen LogP contribution in [0.5, 0.6) is 5.75 Å². The zero-order valence-electron chi connectivity index (χ0n) is 20.3. The Kier molecular flexibility index (Phi) is 7.46. The van der Waals surface area contributed by atoms with E-state index < -0.39 is 0 Å². The van der Waals surface area contributed by atoms with Crippen molar-refractivity contribution in [2.75, 3.05) is 13.2 Å². The number of hydrogen-bond acceptors (Lipinski definition) is 6. The molecule has 182 valence electrons. The Bertz CT molecular complexity index is 1220. The smallest absolute Gasteiger partial charge is 0.277 e. The van der Waals surface area contributed by atoms with Gasteiger partial charge in [0.25, 0.3) is 5.56 Å². The van der Waals surface area contributed by atoms with E-state index in [2.05, 4.69) is 29.1 Å². The number of carbonyl (C=O) groups is 1. The summed E-state index contributed by atoms with van der Waals surface area (Å²) in [5.74, 6) is 1.84. The van der Waals surface area contributed by atoms with Gasteiger partial charge in [0.15, 0.2) is 11.3 Å². The van der Waals surface area contributed by atoms with Crippen LogP contribution in [-0.4, -0.2) is 43.9 Å². The van der Waals surface area contributed by atoms with Crippen molar-refractivity contribution in [1.29, 1.82) is 0 Å². The molecule has 4 rings (SSSR count). The maximum Gasteiger partial charge on any atom is 0.277 e. The minimum atomic E-state index is -0.366. The van der Waals surface area contributed by atoms with Crippen molar-refractivity contribution >= 4 is 16.8 Å². The predicted octanol–water partition coefficient (Wildman–Crippen LogP) is 3.90. The number of ether oxygens (including phenoxy) is 1. The van der Waals surface area contributed by atoms with Crippen LogP contribution in [-0.2, 0) is 18.3 Å². The molecular formula is C26H34N4O4. The minimum absolute atomic E-state index is 0.0740. The van der Waals surface area contributed by atoms with Gasteiger partial charge in [0.2, 0.25) is 0 Å². The lowest BCUT2D eigenvalue weighted by atomic mass is 9.77. The largest absolute Gasteiger partial charge is 0.493 e. The van der Waals surface area contributed by atoms with Crippen molar-refractivity contribution in [2.24, 2.45) is 13.0 Å². The number of Topliss-reactive ketones (excluding diaryl/α,β-unsaturated/α-hetero) is 1. The summed E-state index contributed by atoms with van der Waals surface area (Å²) < 4.78 is 7.50. The fourth-order valence-electron chi connectivity index (χ4n) is 5.13. The molecule has 3 aromatic rings. The van der Waals surface area contributed by atoms with E-state index in [1.165, 1.54) is 5.56 Å². The second kappa shape index (κ2) is 10.5. The van der Waals surface area contributed by atoms with Gasteiger partial charge in [-0.25, -0.2) is 4.98 Å². The summed E-state index contributed by atoms with van der Waals surface area (Å²) in [7, 11) is 1.77. The molecule has 8 nitrogen and oxygen atoms in total. The van der Waals surface area contributed by atoms with Gasteiger partial charge in [-0.05, 0) is 68.6 Å². The molecule has 0 amide bonds. The number of ketones is 1. The number of hydrogen-bond donors (Lipinski definition) is 2. The number of H-pyrrole nitrogens is 1. The second-order valence-electron chi connectivity index (χ2n) is 9.24. The average molecular weight is 467 g/mol. The van der Waals surface area contributed by atoms with Crippen molar-refractivity contribution < 1.29 is 14.6 Å². The van der Waals surface area contributed by atoms with E-state index in [9.17, 15) is 9.59 Å². The van der Waals surface area contributed by atoms with Crippen LogP contribution >= 0.6 is 0 Å². The predicted molar refractivity (Wildman–Crippen MR) is 131 cm³/mol. The lowest BCUT2D eigenvalue weighted by Crippen LogP contribution is -2.18. The summed E-state index contributed by atoms with van der Waals surface area (Å²) >= 11 is 0. The third-order valence-electron chi connectivity index (χ3n) is 6.82. The molecule has 0 bridgehead atoms. The molecule has 2 N–H and O–H groups in total. The molecule has 0 spiro atoms. The zero-order valence-corrected chi connectivity index (χ0v) is 20.3. The highest BCUT2D eigenvalue weighted by molar-refractivity contribution is 5.80. The number of aromatic amines is 1. The lowest BCUT2D eigenvalue weighted by Gasteiger charge is -2.28. The Morgan fingerprint density at radius 3 is 2.68 bits per heavy atom. The monoisotopic (exact) mass is 466 g/mol. The van der Waals surface area contributed by atoms with E-state index in [0.717, 1.165) is 49.8 Å². The quantitative estimate of drug-likeness (QED) is 0.495. The van der Waals surface area contributed by atoms with Gasteiger partial charge in [-0.15, -0.1) is 0 Å². The lowest BCUT2D eigenvalue weighted by molar-refractivity contribution is -0.122. The van der Waals surface area contributed by atoms with Crippen LogP contribution in [0, 0.1) is 5.92 Å². The van der Waals surface area contributed by atoms with Crippen LogP contribution in [0.3, 0.4) is 0 Å². The van der Waals surface area contributed by atoms with E-state index >= 15 is 0 Å². The number of aryl methyl sites for hydroxylation is 2. The van der Waals surface area contributed by atoms with Gasteiger partial charge in [0, 0.05) is 13.5 Å². The molecule has 1 saturated carbocycles. The molecule has 1 aromatic carbocycles. The minimum Gasteiger partial charge on any atom is -0.493 e. The maximum absolute atomic E-state index is 13.0. The molecule has 2 heterocycles. The van der Waals surface area contributed by atoms with Gasteiger partial charge in [-0.1, -0.05) is 19.4 Å². The van der Waals surface area contributed by atoms with E-state index in [1.807, 2.05) is 13.0 Å². The van der Waals surface area contributed by atoms with Crippen molar-refractivity contribution in [3.8, 4) is 17.1 Å². The number of carbonyl (C=O) groups excluding carboxylic acids is 1. The Hall–Kier alpha value is -3.00. The number of aromatic nitrogens is 4. The van der Waals surface area contributed by atoms with Crippen LogP contribution in [0.2, 0.25) is 0 Å². The topological polar surface area (TPSA) is 110 Å². The Balaban J connectivity index is 1.69. The summed E-state index contributed by atoms with van der Waals surface area (Å²) in [5, 5.41) is 13.6. The molecule has 34 heavy (non-hydrogen) atoms. The number of fused-ring (bicyclic) bond motifs is 1. The molecule has 0 unspecified atom stereocenters. The van der Waals surface area contributed by atoms with Crippen molar-refractivity contribution in [1.82, 2.24) is 19.7 Å². The van der Waals surface area contributed by atoms with Crippen LogP contribution in [0.1, 0.15) is 69.5 Å². The van der Waals surface area contributed by atoms with Gasteiger partial charge in [0.05, 0.1) is 17.9 Å². The first-order valence-corrected chi connectivity index (χ1v) is 12.3. The van der Waals surface area contributed by atoms with Crippen LogP contribution in [0.15, 0.2) is 23.0 Å². The molecule has 0 aliphatic heterocycles. The number of nitrogens with zero attached hydrogens (tertiary/aromatic N) is 3. The molecule has 0 atom stereocenters. The maximum atomic E-state index is 13.0. The number of benzene rings is 1. The first kappa shape index (κ1) is 24.1. The van der Waals surface area contributed by atoms with Gasteiger partial charge in [0.1, 0.15) is 23.7 Å². The zero-order chi connectivity index (χ0) is 24.2. The van der Waals surface area contributed by atoms with Gasteiger partial charge >= 0.3 is 0 Å². The fraction of sp³-hybridized carbons (Fsp3) is 0.538. The molecule has 1 fully saturated rings. The Morgan fingerprint density at radius 2 is 2.00 bits per heavy atom. The summed E-state index contributed by atoms with van der Waals surface area (Å²) in [6.07, 6.45) is 6.06. The normalized spacial score (nSPS) is 18.4. The van der Waals surface area contributed by atoms with E-state index in [0.29, 0.717) is 47.5 Å². The Morgan fingerprint density at radius 1 is 1.24 bits per heavy atom. The second-order valence-corrected chi connectivity index (χ2v) is 9.24. The molecule has 0 radical (unpaired) electrons. The first-order valence-electron chi connectivity index (χ1n) is 12.3. The summed E-state index contributed by atoms with van der Waals surface area (Å²) in [4.78, 5) is 32.4. The van der Waals surface area contributed by atoms with Crippen LogP contribution < -0.4 is 10.3 Å². The van der Waals surface area contributed by atoms with E-state index in [4.69, 9.17) is 14.8 Å². The first-order chi connectivity index (χ1) is 16.4. The average Bonchev–Trinajstić information content (AvgIpc) is 3.15. The number of rotatable bonds is 9. The van der Waals surface area contributed by atoms with Crippen molar-refractivity contribution in [3.63, 3.8) is 0 Å². The highest BCUT2D eigenvalue weighted by atomic mass is 16.5. The van der Waals surface area contributed by atoms with E-state index in [1.54, 1.807) is 11.7 Å². The third-order valence-corrected chi connectivity index (χ3v) is 6.82. The van der Waals surface area contributed by atoms with Crippen LogP contribution in [0.4, 0.5) is 0 Å². The molecule has 1 aliphatic carbocycles. The number of nitrogens with one attached hydrogen (secondary N) is 1. The molecule has 0 saturated heterocycles. The molecule has 1 aliphatic rings. The molecule has 2 aromatic heterocycles. The molecule has 8 heteroatoms. The Labute approximate surface area is 199 Å². The van der Waals surface area contributed by atoms with Gasteiger partial charge < -0.3 is 14.8 Å². The summed E-state index contributed by atoms with van der Waals surface area (Å²) in [6, 6.07) is 6.16. The number of aliphatic hydroxyl groups excluding tert-OH is 1. The van der Waals surface area contributed by atoms with Gasteiger partial charge in [-0.2, -0.15) is 5.10 Å². The molecular weight excluding hydrogens is 432 g/mol.